The van der Waals surface area contributed by atoms with E-state index in [-0.39, 0.29) is 46.6 Å². The molecule has 1 aromatic heterocycles. The van der Waals surface area contributed by atoms with Gasteiger partial charge in [-0.3, -0.25) is 4.79 Å². The van der Waals surface area contributed by atoms with Gasteiger partial charge in [0.2, 0.25) is 5.91 Å². The molecule has 12 heteroatoms. The summed E-state index contributed by atoms with van der Waals surface area (Å²) in [6.07, 6.45) is -5.87. The molecule has 1 aliphatic rings. The van der Waals surface area contributed by atoms with Crippen LogP contribution in [0.1, 0.15) is 61.4 Å². The molecule has 1 heterocycles. The van der Waals surface area contributed by atoms with Gasteiger partial charge in [-0.15, -0.1) is 0 Å². The summed E-state index contributed by atoms with van der Waals surface area (Å²) in [6, 6.07) is 11.0. The molecule has 38 heavy (non-hydrogen) atoms. The lowest BCUT2D eigenvalue weighted by Gasteiger charge is -2.31. The minimum Gasteiger partial charge on any atom is -0.374 e. The van der Waals surface area contributed by atoms with E-state index in [9.17, 15) is 22.8 Å². The Kier molecular flexibility index (Phi) is 7.59. The predicted octanol–water partition coefficient (Wildman–Crippen LogP) is 6.04. The molecular weight excluding hydrogens is 523 g/mol. The Labute approximate surface area is 221 Å². The third-order valence-corrected chi connectivity index (χ3v) is 6.77. The summed E-state index contributed by atoms with van der Waals surface area (Å²) in [5.74, 6) is -0.504. The van der Waals surface area contributed by atoms with Gasteiger partial charge in [-0.25, -0.2) is 9.78 Å². The van der Waals surface area contributed by atoms with Gasteiger partial charge in [0.1, 0.15) is 5.54 Å². The van der Waals surface area contributed by atoms with Crippen molar-refractivity contribution in [1.29, 1.82) is 0 Å². The fourth-order valence-corrected chi connectivity index (χ4v) is 4.50. The minimum atomic E-state index is -4.65. The van der Waals surface area contributed by atoms with Crippen molar-refractivity contribution in [3.63, 3.8) is 0 Å². The largest absolute Gasteiger partial charge is 0.415 e. The van der Waals surface area contributed by atoms with Gasteiger partial charge in [-0.1, -0.05) is 56.5 Å². The summed E-state index contributed by atoms with van der Waals surface area (Å²) in [5.41, 5.74) is 4.86. The van der Waals surface area contributed by atoms with Crippen LogP contribution in [0.2, 0.25) is 5.02 Å². The Bertz CT molecular complexity index is 1370. The molecule has 1 aliphatic carbocycles. The van der Waals surface area contributed by atoms with E-state index in [0.717, 1.165) is 5.56 Å². The molecule has 1 saturated carbocycles. The van der Waals surface area contributed by atoms with Gasteiger partial charge in [-0.2, -0.15) is 23.1 Å². The maximum absolute atomic E-state index is 13.8. The number of rotatable bonds is 6. The molecule has 0 aliphatic heterocycles. The van der Waals surface area contributed by atoms with Gasteiger partial charge in [0, 0.05) is 16.7 Å². The standard InChI is InChI=1S/C26H25ClF3N5O3/c1-14(2)15-6-5-7-17(12-15)21-32-22(18-13-16(20(31)36)8-9-19(18)27)34-23(33-21)38-24(37)35-25(26(28,29)30)10-3-4-11-25/h5-9,12-14H,3-4,10-11H2,1-2H3,(H2,31,36)(H,35,37). The molecule has 2 aromatic carbocycles. The molecule has 4 rings (SSSR count). The quantitative estimate of drug-likeness (QED) is 0.388. The number of ether oxygens (including phenoxy) is 1. The summed E-state index contributed by atoms with van der Waals surface area (Å²) in [6.45, 7) is 4.01. The van der Waals surface area contributed by atoms with Crippen LogP contribution in [-0.4, -0.2) is 38.7 Å². The van der Waals surface area contributed by atoms with Crippen molar-refractivity contribution < 1.29 is 27.5 Å². The summed E-state index contributed by atoms with van der Waals surface area (Å²) in [5, 5.41) is 2.15. The van der Waals surface area contributed by atoms with Crippen molar-refractivity contribution >= 4 is 23.6 Å². The van der Waals surface area contributed by atoms with Crippen molar-refractivity contribution in [2.75, 3.05) is 0 Å². The summed E-state index contributed by atoms with van der Waals surface area (Å²) in [4.78, 5) is 37.1. The number of halogens is 4. The van der Waals surface area contributed by atoms with Gasteiger partial charge in [-0.05, 0) is 48.6 Å². The third-order valence-electron chi connectivity index (χ3n) is 6.44. The fraction of sp³-hybridized carbons (Fsp3) is 0.346. The third kappa shape index (κ3) is 5.72. The van der Waals surface area contributed by atoms with E-state index >= 15 is 0 Å². The number of nitrogens with zero attached hydrogens (tertiary/aromatic N) is 3. The van der Waals surface area contributed by atoms with Crippen LogP contribution in [0.5, 0.6) is 6.01 Å². The van der Waals surface area contributed by atoms with E-state index < -0.39 is 29.7 Å². The highest BCUT2D eigenvalue weighted by atomic mass is 35.5. The SMILES string of the molecule is CC(C)c1cccc(-c2nc(OC(=O)NC3(C(F)(F)F)CCCC3)nc(-c3cc(C(N)=O)ccc3Cl)n2)c1. The number of hydrogen-bond acceptors (Lipinski definition) is 6. The molecule has 0 unspecified atom stereocenters. The number of primary amides is 1. The number of alkyl halides is 3. The second-order valence-electron chi connectivity index (χ2n) is 9.41. The number of amides is 2. The first-order valence-electron chi connectivity index (χ1n) is 11.9. The molecule has 0 bridgehead atoms. The Morgan fingerprint density at radius 1 is 1.05 bits per heavy atom. The van der Waals surface area contributed by atoms with Gasteiger partial charge < -0.3 is 15.8 Å². The Hall–Kier alpha value is -3.73. The molecule has 3 aromatic rings. The molecular formula is C26H25ClF3N5O3. The number of aromatic nitrogens is 3. The van der Waals surface area contributed by atoms with Gasteiger partial charge >= 0.3 is 18.3 Å². The minimum absolute atomic E-state index is 0.0627. The van der Waals surface area contributed by atoms with E-state index in [1.165, 1.54) is 18.2 Å². The van der Waals surface area contributed by atoms with Crippen molar-refractivity contribution in [2.45, 2.75) is 57.2 Å². The molecule has 3 N–H and O–H groups in total. The summed E-state index contributed by atoms with van der Waals surface area (Å²) in [7, 11) is 0. The molecule has 0 atom stereocenters. The lowest BCUT2D eigenvalue weighted by atomic mass is 9.97. The Morgan fingerprint density at radius 2 is 1.74 bits per heavy atom. The van der Waals surface area contributed by atoms with E-state index in [4.69, 9.17) is 22.1 Å². The molecule has 0 radical (unpaired) electrons. The lowest BCUT2D eigenvalue weighted by molar-refractivity contribution is -0.192. The smallest absolute Gasteiger partial charge is 0.374 e. The zero-order valence-electron chi connectivity index (χ0n) is 20.6. The van der Waals surface area contributed by atoms with Crippen LogP contribution in [0.4, 0.5) is 18.0 Å². The molecule has 8 nitrogen and oxygen atoms in total. The van der Waals surface area contributed by atoms with Crippen LogP contribution in [0, 0.1) is 0 Å². The molecule has 0 spiro atoms. The summed E-state index contributed by atoms with van der Waals surface area (Å²) >= 11 is 6.34. The molecule has 1 fully saturated rings. The predicted molar refractivity (Wildman–Crippen MR) is 135 cm³/mol. The topological polar surface area (TPSA) is 120 Å². The molecule has 2 amide bonds. The highest BCUT2D eigenvalue weighted by Crippen LogP contribution is 2.43. The van der Waals surface area contributed by atoms with Gasteiger partial charge in [0.25, 0.3) is 0 Å². The zero-order valence-corrected chi connectivity index (χ0v) is 21.4. The van der Waals surface area contributed by atoms with Crippen molar-refractivity contribution in [3.8, 4) is 28.8 Å². The second kappa shape index (κ2) is 10.6. The van der Waals surface area contributed by atoms with Crippen molar-refractivity contribution in [1.82, 2.24) is 20.3 Å². The van der Waals surface area contributed by atoms with Crippen LogP contribution in [-0.2, 0) is 0 Å². The number of carbonyl (C=O) groups excluding carboxylic acids is 2. The zero-order chi connectivity index (χ0) is 27.7. The molecule has 0 saturated heterocycles. The second-order valence-corrected chi connectivity index (χ2v) is 9.81. The highest BCUT2D eigenvalue weighted by molar-refractivity contribution is 6.33. The number of carbonyl (C=O) groups is 2. The maximum Gasteiger partial charge on any atom is 0.415 e. The van der Waals surface area contributed by atoms with Gasteiger partial charge in [0.05, 0.1) is 5.02 Å². The fourth-order valence-electron chi connectivity index (χ4n) is 4.30. The lowest BCUT2D eigenvalue weighted by Crippen LogP contribution is -2.57. The van der Waals surface area contributed by atoms with Crippen molar-refractivity contribution in [2.24, 2.45) is 5.73 Å². The number of benzene rings is 2. The maximum atomic E-state index is 13.8. The molecule has 200 valence electrons. The van der Waals surface area contributed by atoms with Crippen LogP contribution in [0.3, 0.4) is 0 Å². The number of nitrogens with one attached hydrogen (secondary N) is 1. The Balaban J connectivity index is 1.77. The summed E-state index contributed by atoms with van der Waals surface area (Å²) < 4.78 is 46.5. The van der Waals surface area contributed by atoms with E-state index in [1.54, 1.807) is 12.1 Å². The monoisotopic (exact) mass is 547 g/mol. The average molecular weight is 548 g/mol. The van der Waals surface area contributed by atoms with Crippen LogP contribution < -0.4 is 15.8 Å². The highest BCUT2D eigenvalue weighted by Gasteiger charge is 2.57. The first-order valence-corrected chi connectivity index (χ1v) is 12.3. The first-order chi connectivity index (χ1) is 17.9. The van der Waals surface area contributed by atoms with Crippen molar-refractivity contribution in [3.05, 3.63) is 58.6 Å². The van der Waals surface area contributed by atoms with Crippen LogP contribution >= 0.6 is 11.6 Å². The van der Waals surface area contributed by atoms with Crippen LogP contribution in [0.25, 0.3) is 22.8 Å². The van der Waals surface area contributed by atoms with E-state index in [1.807, 2.05) is 31.3 Å². The Morgan fingerprint density at radius 3 is 2.37 bits per heavy atom. The number of nitrogens with two attached hydrogens (primary N) is 1. The first kappa shape index (κ1) is 27.3. The van der Waals surface area contributed by atoms with Crippen LogP contribution in [0.15, 0.2) is 42.5 Å². The van der Waals surface area contributed by atoms with Gasteiger partial charge in [0.15, 0.2) is 11.6 Å². The number of hydrogen-bond donors (Lipinski definition) is 2. The normalized spacial score (nSPS) is 14.9. The van der Waals surface area contributed by atoms with E-state index in [0.29, 0.717) is 18.4 Å². The van der Waals surface area contributed by atoms with E-state index in [2.05, 4.69) is 15.0 Å². The average Bonchev–Trinajstić information content (AvgIpc) is 3.34.